The lowest BCUT2D eigenvalue weighted by Crippen LogP contribution is -2.48. The zero-order valence-electron chi connectivity index (χ0n) is 16.9. The molecule has 1 heterocycles. The monoisotopic (exact) mass is 450 g/mol. The minimum Gasteiger partial charge on any atom is -0.373 e. The molecule has 7 nitrogen and oxygen atoms in total. The van der Waals surface area contributed by atoms with E-state index in [9.17, 15) is 18.0 Å². The number of ether oxygens (including phenoxy) is 1. The molecule has 1 saturated heterocycles. The third kappa shape index (κ3) is 4.89. The lowest BCUT2D eigenvalue weighted by molar-refractivity contribution is -0.0440. The topological polar surface area (TPSA) is 92.8 Å². The number of carbonyl (C=O) groups is 2. The number of benzene rings is 2. The molecule has 1 fully saturated rings. The summed E-state index contributed by atoms with van der Waals surface area (Å²) in [5.41, 5.74) is 1.03. The molecule has 2 atom stereocenters. The molecule has 1 aliphatic rings. The number of nitrogens with one attached hydrogen (secondary N) is 1. The van der Waals surface area contributed by atoms with Crippen LogP contribution in [0.5, 0.6) is 0 Å². The van der Waals surface area contributed by atoms with E-state index in [0.29, 0.717) is 11.3 Å². The van der Waals surface area contributed by atoms with Crippen molar-refractivity contribution in [1.82, 2.24) is 4.31 Å². The molecule has 9 heteroatoms. The van der Waals surface area contributed by atoms with Crippen molar-refractivity contribution in [3.63, 3.8) is 0 Å². The third-order valence-corrected chi connectivity index (χ3v) is 6.91. The van der Waals surface area contributed by atoms with Gasteiger partial charge in [0.25, 0.3) is 5.91 Å². The van der Waals surface area contributed by atoms with Crippen molar-refractivity contribution in [2.24, 2.45) is 0 Å². The van der Waals surface area contributed by atoms with Crippen LogP contribution in [0.1, 0.15) is 41.5 Å². The molecule has 0 aromatic heterocycles. The van der Waals surface area contributed by atoms with Crippen molar-refractivity contribution in [3.8, 4) is 0 Å². The van der Waals surface area contributed by atoms with Gasteiger partial charge in [-0.1, -0.05) is 11.6 Å². The molecule has 0 spiro atoms. The number of Topliss-reactive ketones (excluding diaryl/α,β-unsaturated/α-hetero) is 1. The number of anilines is 1. The number of halogens is 1. The number of hydrogen-bond donors (Lipinski definition) is 1. The van der Waals surface area contributed by atoms with Gasteiger partial charge in [-0.2, -0.15) is 4.31 Å². The van der Waals surface area contributed by atoms with E-state index in [-0.39, 0.29) is 46.6 Å². The Morgan fingerprint density at radius 2 is 1.67 bits per heavy atom. The molecule has 2 unspecified atom stereocenters. The summed E-state index contributed by atoms with van der Waals surface area (Å²) in [4.78, 5) is 24.1. The number of hydrogen-bond acceptors (Lipinski definition) is 5. The van der Waals surface area contributed by atoms with Gasteiger partial charge in [0.2, 0.25) is 10.0 Å². The van der Waals surface area contributed by atoms with Crippen molar-refractivity contribution < 1.29 is 22.7 Å². The molecule has 2 aromatic carbocycles. The maximum absolute atomic E-state index is 13.1. The van der Waals surface area contributed by atoms with E-state index < -0.39 is 15.9 Å². The van der Waals surface area contributed by atoms with Gasteiger partial charge in [0.1, 0.15) is 0 Å². The van der Waals surface area contributed by atoms with Crippen molar-refractivity contribution in [2.75, 3.05) is 18.4 Å². The molecule has 1 aliphatic heterocycles. The van der Waals surface area contributed by atoms with E-state index in [0.717, 1.165) is 0 Å². The van der Waals surface area contributed by atoms with Crippen LogP contribution >= 0.6 is 11.6 Å². The second-order valence-electron chi connectivity index (χ2n) is 7.31. The molecule has 0 bridgehead atoms. The van der Waals surface area contributed by atoms with Crippen LogP contribution in [0.25, 0.3) is 0 Å². The summed E-state index contributed by atoms with van der Waals surface area (Å²) >= 11 is 6.17. The summed E-state index contributed by atoms with van der Waals surface area (Å²) in [5.74, 6) is -0.628. The highest BCUT2D eigenvalue weighted by Crippen LogP contribution is 2.26. The summed E-state index contributed by atoms with van der Waals surface area (Å²) in [6, 6.07) is 10.5. The van der Waals surface area contributed by atoms with E-state index in [1.54, 1.807) is 24.3 Å². The Morgan fingerprint density at radius 3 is 2.23 bits per heavy atom. The number of ketones is 1. The van der Waals surface area contributed by atoms with Crippen LogP contribution in [-0.4, -0.2) is 49.7 Å². The van der Waals surface area contributed by atoms with Gasteiger partial charge in [-0.25, -0.2) is 8.42 Å². The average molecular weight is 451 g/mol. The number of amides is 1. The van der Waals surface area contributed by atoms with Crippen molar-refractivity contribution >= 4 is 39.0 Å². The first-order valence-electron chi connectivity index (χ1n) is 9.45. The summed E-state index contributed by atoms with van der Waals surface area (Å²) in [7, 11) is -3.81. The molecular weight excluding hydrogens is 428 g/mol. The summed E-state index contributed by atoms with van der Waals surface area (Å²) < 4.78 is 33.1. The van der Waals surface area contributed by atoms with Crippen LogP contribution in [0, 0.1) is 0 Å². The smallest absolute Gasteiger partial charge is 0.257 e. The van der Waals surface area contributed by atoms with Crippen LogP contribution in [0.3, 0.4) is 0 Å². The number of nitrogens with zero attached hydrogens (tertiary/aromatic N) is 1. The van der Waals surface area contributed by atoms with Gasteiger partial charge >= 0.3 is 0 Å². The van der Waals surface area contributed by atoms with Gasteiger partial charge in [0.05, 0.1) is 27.7 Å². The maximum Gasteiger partial charge on any atom is 0.257 e. The molecular formula is C21H23ClN2O5S. The second-order valence-corrected chi connectivity index (χ2v) is 9.65. The standard InChI is InChI=1S/C21H23ClN2O5S/c1-13-11-24(12-14(2)29-13)30(27,28)18-8-9-20(22)19(10-18)21(26)23-17-6-4-16(5-7-17)15(3)25/h4-10,13-14H,11-12H2,1-3H3,(H,23,26). The Morgan fingerprint density at radius 1 is 1.07 bits per heavy atom. The largest absolute Gasteiger partial charge is 0.373 e. The van der Waals surface area contributed by atoms with E-state index in [4.69, 9.17) is 16.3 Å². The number of carbonyl (C=O) groups excluding carboxylic acids is 2. The van der Waals surface area contributed by atoms with Crippen LogP contribution in [0.2, 0.25) is 5.02 Å². The summed E-state index contributed by atoms with van der Waals surface area (Å²) in [6.45, 7) is 5.56. The fourth-order valence-electron chi connectivity index (χ4n) is 3.30. The first-order chi connectivity index (χ1) is 14.1. The normalized spacial score (nSPS) is 20.0. The van der Waals surface area contributed by atoms with Crippen LogP contribution in [0.15, 0.2) is 47.4 Å². The van der Waals surface area contributed by atoms with Crippen molar-refractivity contribution in [1.29, 1.82) is 0 Å². The summed E-state index contributed by atoms with van der Waals surface area (Å²) in [5, 5.41) is 2.81. The predicted octanol–water partition coefficient (Wildman–Crippen LogP) is 3.59. The minimum absolute atomic E-state index is 0.00900. The Kier molecular flexibility index (Phi) is 6.62. The second kappa shape index (κ2) is 8.85. The molecule has 0 radical (unpaired) electrons. The number of rotatable bonds is 5. The molecule has 1 N–H and O–H groups in total. The lowest BCUT2D eigenvalue weighted by atomic mass is 10.1. The van der Waals surface area contributed by atoms with Gasteiger partial charge < -0.3 is 10.1 Å². The van der Waals surface area contributed by atoms with Gasteiger partial charge in [-0.05, 0) is 63.2 Å². The molecule has 30 heavy (non-hydrogen) atoms. The highest BCUT2D eigenvalue weighted by molar-refractivity contribution is 7.89. The average Bonchev–Trinajstić information content (AvgIpc) is 2.67. The van der Waals surface area contributed by atoms with E-state index in [1.807, 2.05) is 13.8 Å². The zero-order valence-corrected chi connectivity index (χ0v) is 18.5. The molecule has 1 amide bonds. The molecule has 0 saturated carbocycles. The zero-order chi connectivity index (χ0) is 22.1. The fourth-order valence-corrected chi connectivity index (χ4v) is 5.12. The van der Waals surface area contributed by atoms with Crippen molar-refractivity contribution in [3.05, 3.63) is 58.6 Å². The number of sulfonamides is 1. The van der Waals surface area contributed by atoms with Crippen LogP contribution in [-0.2, 0) is 14.8 Å². The van der Waals surface area contributed by atoms with E-state index in [1.165, 1.54) is 29.4 Å². The SMILES string of the molecule is CC(=O)c1ccc(NC(=O)c2cc(S(=O)(=O)N3CC(C)OC(C)C3)ccc2Cl)cc1. The predicted molar refractivity (Wildman–Crippen MR) is 115 cm³/mol. The third-order valence-electron chi connectivity index (χ3n) is 4.76. The van der Waals surface area contributed by atoms with Crippen molar-refractivity contribution in [2.45, 2.75) is 37.9 Å². The van der Waals surface area contributed by atoms with Gasteiger partial charge in [-0.15, -0.1) is 0 Å². The quantitative estimate of drug-likeness (QED) is 0.702. The highest BCUT2D eigenvalue weighted by atomic mass is 35.5. The summed E-state index contributed by atoms with van der Waals surface area (Å²) in [6.07, 6.45) is -0.451. The Labute approximate surface area is 181 Å². The first kappa shape index (κ1) is 22.4. The van der Waals surface area contributed by atoms with E-state index >= 15 is 0 Å². The number of morpholine rings is 1. The van der Waals surface area contributed by atoms with Gasteiger partial charge in [0, 0.05) is 24.3 Å². The van der Waals surface area contributed by atoms with Crippen LogP contribution in [0.4, 0.5) is 5.69 Å². The van der Waals surface area contributed by atoms with Gasteiger partial charge in [-0.3, -0.25) is 9.59 Å². The Hall–Kier alpha value is -2.26. The molecule has 0 aliphatic carbocycles. The molecule has 160 valence electrons. The van der Waals surface area contributed by atoms with Gasteiger partial charge in [0.15, 0.2) is 5.78 Å². The fraction of sp³-hybridized carbons (Fsp3) is 0.333. The molecule has 3 rings (SSSR count). The first-order valence-corrected chi connectivity index (χ1v) is 11.3. The minimum atomic E-state index is -3.81. The highest BCUT2D eigenvalue weighted by Gasteiger charge is 2.32. The lowest BCUT2D eigenvalue weighted by Gasteiger charge is -2.34. The van der Waals surface area contributed by atoms with E-state index in [2.05, 4.69) is 5.32 Å². The van der Waals surface area contributed by atoms with Crippen LogP contribution < -0.4 is 5.32 Å². The Balaban J connectivity index is 1.85. The maximum atomic E-state index is 13.1. The Bertz CT molecular complexity index is 1060. The molecule has 2 aromatic rings.